The highest BCUT2D eigenvalue weighted by molar-refractivity contribution is 5.91. The van der Waals surface area contributed by atoms with E-state index < -0.39 is 0 Å². The molecular weight excluding hydrogens is 242 g/mol. The monoisotopic (exact) mass is 265 g/mol. The van der Waals surface area contributed by atoms with Crippen LogP contribution < -0.4 is 0 Å². The zero-order valence-corrected chi connectivity index (χ0v) is 11.8. The van der Waals surface area contributed by atoms with E-state index in [-0.39, 0.29) is 5.91 Å². The van der Waals surface area contributed by atoms with Crippen LogP contribution in [-0.4, -0.2) is 63.8 Å². The minimum absolute atomic E-state index is 0.00459. The molecule has 0 spiro atoms. The first kappa shape index (κ1) is 14.0. The van der Waals surface area contributed by atoms with Gasteiger partial charge in [-0.2, -0.15) is 15.4 Å². The highest BCUT2D eigenvalue weighted by atomic mass is 16.2. The van der Waals surface area contributed by atoms with Gasteiger partial charge in [0, 0.05) is 19.6 Å². The smallest absolute Gasteiger partial charge is 0.276 e. The van der Waals surface area contributed by atoms with Crippen molar-refractivity contribution in [3.63, 3.8) is 0 Å². The van der Waals surface area contributed by atoms with Gasteiger partial charge in [-0.05, 0) is 31.8 Å². The Balaban J connectivity index is 1.81. The van der Waals surface area contributed by atoms with E-state index in [1.54, 1.807) is 0 Å². The van der Waals surface area contributed by atoms with E-state index in [1.807, 2.05) is 4.90 Å². The number of likely N-dealkylation sites (tertiary alicyclic amines) is 1. The number of aromatic amines is 1. The van der Waals surface area contributed by atoms with Gasteiger partial charge in [0.2, 0.25) is 0 Å². The Bertz CT molecular complexity index is 380. The molecule has 19 heavy (non-hydrogen) atoms. The number of H-pyrrole nitrogens is 1. The van der Waals surface area contributed by atoms with E-state index in [0.717, 1.165) is 45.6 Å². The van der Waals surface area contributed by atoms with Crippen LogP contribution in [0.15, 0.2) is 6.20 Å². The SMILES string of the molecule is CCN(CC)CC1CCN(C(=O)c2cn[nH]n2)CC1. The summed E-state index contributed by atoms with van der Waals surface area (Å²) in [6.07, 6.45) is 3.66. The second-order valence-electron chi connectivity index (χ2n) is 5.08. The summed E-state index contributed by atoms with van der Waals surface area (Å²) < 4.78 is 0. The van der Waals surface area contributed by atoms with E-state index in [0.29, 0.717) is 11.6 Å². The molecule has 0 aliphatic carbocycles. The molecule has 1 aliphatic heterocycles. The van der Waals surface area contributed by atoms with Crippen LogP contribution >= 0.6 is 0 Å². The van der Waals surface area contributed by atoms with Crippen molar-refractivity contribution < 1.29 is 4.79 Å². The van der Waals surface area contributed by atoms with E-state index >= 15 is 0 Å². The number of amides is 1. The Labute approximate surface area is 114 Å². The number of hydrogen-bond donors (Lipinski definition) is 1. The van der Waals surface area contributed by atoms with Gasteiger partial charge < -0.3 is 9.80 Å². The van der Waals surface area contributed by atoms with Gasteiger partial charge in [0.05, 0.1) is 6.20 Å². The maximum atomic E-state index is 12.1. The zero-order chi connectivity index (χ0) is 13.7. The molecule has 1 aromatic rings. The predicted octanol–water partition coefficient (Wildman–Crippen LogP) is 0.999. The normalized spacial score (nSPS) is 17.1. The molecule has 1 amide bonds. The molecule has 1 N–H and O–H groups in total. The molecule has 0 radical (unpaired) electrons. The van der Waals surface area contributed by atoms with Crippen molar-refractivity contribution in [2.24, 2.45) is 5.92 Å². The lowest BCUT2D eigenvalue weighted by Gasteiger charge is -2.34. The topological polar surface area (TPSA) is 65.1 Å². The summed E-state index contributed by atoms with van der Waals surface area (Å²) in [5.41, 5.74) is 0.419. The molecule has 2 rings (SSSR count). The summed E-state index contributed by atoms with van der Waals surface area (Å²) in [4.78, 5) is 16.4. The van der Waals surface area contributed by atoms with Crippen LogP contribution in [0.25, 0.3) is 0 Å². The number of nitrogens with one attached hydrogen (secondary N) is 1. The Morgan fingerprint density at radius 2 is 2.11 bits per heavy atom. The number of aromatic nitrogens is 3. The number of rotatable bonds is 5. The molecule has 1 aliphatic rings. The largest absolute Gasteiger partial charge is 0.337 e. The fraction of sp³-hybridized carbons (Fsp3) is 0.769. The molecule has 0 unspecified atom stereocenters. The molecule has 0 aromatic carbocycles. The van der Waals surface area contributed by atoms with Gasteiger partial charge in [0.15, 0.2) is 5.69 Å². The van der Waals surface area contributed by atoms with Gasteiger partial charge in [-0.25, -0.2) is 0 Å². The number of carbonyl (C=O) groups is 1. The third-order valence-electron chi connectivity index (χ3n) is 3.95. The van der Waals surface area contributed by atoms with Crippen LogP contribution in [0.3, 0.4) is 0 Å². The second-order valence-corrected chi connectivity index (χ2v) is 5.08. The standard InChI is InChI=1S/C13H23N5O/c1-3-17(4-2)10-11-5-7-18(8-6-11)13(19)12-9-14-16-15-12/h9,11H,3-8,10H2,1-2H3,(H,14,15,16). The molecule has 6 nitrogen and oxygen atoms in total. The highest BCUT2D eigenvalue weighted by Gasteiger charge is 2.25. The van der Waals surface area contributed by atoms with Crippen molar-refractivity contribution in [2.75, 3.05) is 32.7 Å². The van der Waals surface area contributed by atoms with Gasteiger partial charge in [-0.1, -0.05) is 13.8 Å². The first-order valence-electron chi connectivity index (χ1n) is 7.12. The molecular formula is C13H23N5O. The number of piperidine rings is 1. The first-order chi connectivity index (χ1) is 9.24. The molecule has 1 aromatic heterocycles. The van der Waals surface area contributed by atoms with Gasteiger partial charge >= 0.3 is 0 Å². The lowest BCUT2D eigenvalue weighted by atomic mass is 9.96. The molecule has 0 atom stereocenters. The summed E-state index contributed by atoms with van der Waals surface area (Å²) in [7, 11) is 0. The van der Waals surface area contributed by atoms with Gasteiger partial charge in [0.1, 0.15) is 0 Å². The first-order valence-corrected chi connectivity index (χ1v) is 7.12. The van der Waals surface area contributed by atoms with E-state index in [4.69, 9.17) is 0 Å². The molecule has 2 heterocycles. The van der Waals surface area contributed by atoms with E-state index in [9.17, 15) is 4.79 Å². The average Bonchev–Trinajstić information content (AvgIpc) is 2.99. The third kappa shape index (κ3) is 3.53. The van der Waals surface area contributed by atoms with Crippen molar-refractivity contribution >= 4 is 5.91 Å². The summed E-state index contributed by atoms with van der Waals surface area (Å²) >= 11 is 0. The van der Waals surface area contributed by atoms with Crippen LogP contribution in [0, 0.1) is 5.92 Å². The maximum absolute atomic E-state index is 12.1. The fourth-order valence-corrected chi connectivity index (χ4v) is 2.63. The van der Waals surface area contributed by atoms with Crippen molar-refractivity contribution in [1.82, 2.24) is 25.2 Å². The fourth-order valence-electron chi connectivity index (χ4n) is 2.63. The molecule has 6 heteroatoms. The zero-order valence-electron chi connectivity index (χ0n) is 11.8. The molecule has 106 valence electrons. The molecule has 0 bridgehead atoms. The van der Waals surface area contributed by atoms with Crippen LogP contribution in [0.5, 0.6) is 0 Å². The van der Waals surface area contributed by atoms with Crippen LogP contribution in [0.4, 0.5) is 0 Å². The van der Waals surface area contributed by atoms with Gasteiger partial charge in [0.25, 0.3) is 5.91 Å². The minimum Gasteiger partial charge on any atom is -0.337 e. The second kappa shape index (κ2) is 6.65. The Morgan fingerprint density at radius 3 is 2.63 bits per heavy atom. The summed E-state index contributed by atoms with van der Waals surface area (Å²) in [5.74, 6) is 0.705. The summed E-state index contributed by atoms with van der Waals surface area (Å²) in [5, 5.41) is 10.0. The molecule has 1 fully saturated rings. The predicted molar refractivity (Wildman–Crippen MR) is 72.8 cm³/mol. The Morgan fingerprint density at radius 1 is 1.42 bits per heavy atom. The minimum atomic E-state index is -0.00459. The summed E-state index contributed by atoms with van der Waals surface area (Å²) in [6, 6.07) is 0. The average molecular weight is 265 g/mol. The van der Waals surface area contributed by atoms with Crippen molar-refractivity contribution in [3.8, 4) is 0 Å². The molecule has 0 saturated carbocycles. The van der Waals surface area contributed by atoms with E-state index in [2.05, 4.69) is 34.2 Å². The van der Waals surface area contributed by atoms with Crippen LogP contribution in [-0.2, 0) is 0 Å². The summed E-state index contributed by atoms with van der Waals surface area (Å²) in [6.45, 7) is 9.43. The lowest BCUT2D eigenvalue weighted by molar-refractivity contribution is 0.0663. The highest BCUT2D eigenvalue weighted by Crippen LogP contribution is 2.19. The lowest BCUT2D eigenvalue weighted by Crippen LogP contribution is -2.41. The van der Waals surface area contributed by atoms with Crippen molar-refractivity contribution in [1.29, 1.82) is 0 Å². The van der Waals surface area contributed by atoms with Gasteiger partial charge in [-0.15, -0.1) is 0 Å². The van der Waals surface area contributed by atoms with Crippen LogP contribution in [0.1, 0.15) is 37.2 Å². The van der Waals surface area contributed by atoms with Crippen molar-refractivity contribution in [3.05, 3.63) is 11.9 Å². The van der Waals surface area contributed by atoms with Gasteiger partial charge in [-0.3, -0.25) is 4.79 Å². The van der Waals surface area contributed by atoms with Crippen LogP contribution in [0.2, 0.25) is 0 Å². The van der Waals surface area contributed by atoms with Crippen molar-refractivity contribution in [2.45, 2.75) is 26.7 Å². The number of hydrogen-bond acceptors (Lipinski definition) is 4. The number of carbonyl (C=O) groups excluding carboxylic acids is 1. The number of nitrogens with zero attached hydrogens (tertiary/aromatic N) is 4. The maximum Gasteiger partial charge on any atom is 0.276 e. The Kier molecular flexibility index (Phi) is 4.90. The quantitative estimate of drug-likeness (QED) is 0.862. The van der Waals surface area contributed by atoms with E-state index in [1.165, 1.54) is 6.20 Å². The third-order valence-corrected chi connectivity index (χ3v) is 3.95. The molecule has 1 saturated heterocycles. The Hall–Kier alpha value is -1.43.